The molecular weight excluding hydrogens is 482 g/mol. The van der Waals surface area contributed by atoms with E-state index < -0.39 is 41.3 Å². The molecule has 5 N–H and O–H groups in total. The van der Waals surface area contributed by atoms with E-state index in [0.717, 1.165) is 4.90 Å². The van der Waals surface area contributed by atoms with E-state index in [1.165, 1.54) is 53.8 Å². The van der Waals surface area contributed by atoms with E-state index in [1.807, 2.05) is 0 Å². The summed E-state index contributed by atoms with van der Waals surface area (Å²) in [7, 11) is 0. The van der Waals surface area contributed by atoms with E-state index in [9.17, 15) is 24.3 Å². The number of imidazole rings is 1. The summed E-state index contributed by atoms with van der Waals surface area (Å²) in [5.74, 6) is -2.40. The fraction of sp³-hybridized carbons (Fsp3) is 0.292. The largest absolute Gasteiger partial charge is 0.493 e. The van der Waals surface area contributed by atoms with Crippen LogP contribution in [0.3, 0.4) is 0 Å². The minimum atomic E-state index is -1.18. The summed E-state index contributed by atoms with van der Waals surface area (Å²) in [5, 5.41) is 10.3. The van der Waals surface area contributed by atoms with Crippen molar-refractivity contribution in [2.75, 3.05) is 4.90 Å². The van der Waals surface area contributed by atoms with Crippen molar-refractivity contribution in [3.63, 3.8) is 0 Å². The van der Waals surface area contributed by atoms with Crippen LogP contribution in [0.5, 0.6) is 5.88 Å². The van der Waals surface area contributed by atoms with Crippen LogP contribution in [0.1, 0.15) is 44.0 Å². The van der Waals surface area contributed by atoms with Gasteiger partial charge in [-0.05, 0) is 51.5 Å². The lowest BCUT2D eigenvalue weighted by Gasteiger charge is -2.28. The van der Waals surface area contributed by atoms with Gasteiger partial charge >= 0.3 is 6.09 Å². The van der Waals surface area contributed by atoms with Gasteiger partial charge in [-0.15, -0.1) is 0 Å². The van der Waals surface area contributed by atoms with Crippen LogP contribution in [0.15, 0.2) is 49.2 Å². The van der Waals surface area contributed by atoms with E-state index >= 15 is 0 Å². The summed E-state index contributed by atoms with van der Waals surface area (Å²) >= 11 is 0. The number of amides is 3. The van der Waals surface area contributed by atoms with E-state index in [-0.39, 0.29) is 29.9 Å². The number of carbonyl (C=O) groups is 4. The highest BCUT2D eigenvalue weighted by Crippen LogP contribution is 2.25. The molecule has 1 aromatic carbocycles. The lowest BCUT2D eigenvalue weighted by molar-refractivity contribution is -0.120. The SMILES string of the molecule is CC(C)(C)OC(=O)N(C(=O)[C@@H](N)CCC(N)=O)c1ccc(-c2ncc(C(=O)n3ccnc3)c(O)n2)cc1. The molecular formula is C24H27N7O6. The van der Waals surface area contributed by atoms with Crippen molar-refractivity contribution in [3.8, 4) is 17.3 Å². The molecule has 2 aromatic heterocycles. The first-order chi connectivity index (χ1) is 17.4. The molecule has 0 fully saturated rings. The number of ether oxygens (including phenoxy) is 1. The molecule has 0 saturated heterocycles. The van der Waals surface area contributed by atoms with E-state index in [2.05, 4.69) is 15.0 Å². The number of imide groups is 1. The van der Waals surface area contributed by atoms with Crippen molar-refractivity contribution in [1.29, 1.82) is 0 Å². The molecule has 0 aliphatic carbocycles. The van der Waals surface area contributed by atoms with Crippen LogP contribution < -0.4 is 16.4 Å². The first-order valence-corrected chi connectivity index (χ1v) is 11.2. The molecule has 3 rings (SSSR count). The second-order valence-electron chi connectivity index (χ2n) is 9.02. The molecule has 0 saturated carbocycles. The first kappa shape index (κ1) is 26.9. The van der Waals surface area contributed by atoms with Crippen molar-refractivity contribution in [3.05, 3.63) is 54.7 Å². The Morgan fingerprint density at radius 1 is 1.16 bits per heavy atom. The lowest BCUT2D eigenvalue weighted by Crippen LogP contribution is -2.49. The van der Waals surface area contributed by atoms with Gasteiger partial charge in [-0.25, -0.2) is 19.7 Å². The Labute approximate surface area is 212 Å². The third kappa shape index (κ3) is 6.73. The Hall–Kier alpha value is -4.65. The second kappa shape index (κ2) is 11.0. The van der Waals surface area contributed by atoms with E-state index in [4.69, 9.17) is 16.2 Å². The number of benzene rings is 1. The van der Waals surface area contributed by atoms with Crippen LogP contribution in [-0.2, 0) is 14.3 Å². The third-order valence-corrected chi connectivity index (χ3v) is 4.94. The van der Waals surface area contributed by atoms with Crippen molar-refractivity contribution in [2.45, 2.75) is 45.3 Å². The number of hydrogen-bond acceptors (Lipinski definition) is 10. The van der Waals surface area contributed by atoms with Crippen LogP contribution in [0.2, 0.25) is 0 Å². The fourth-order valence-corrected chi connectivity index (χ4v) is 3.16. The Morgan fingerprint density at radius 2 is 1.84 bits per heavy atom. The average molecular weight is 510 g/mol. The van der Waals surface area contributed by atoms with Gasteiger partial charge in [-0.1, -0.05) is 0 Å². The highest BCUT2D eigenvalue weighted by molar-refractivity contribution is 6.14. The molecule has 37 heavy (non-hydrogen) atoms. The zero-order valence-corrected chi connectivity index (χ0v) is 20.5. The number of rotatable bonds is 7. The number of nitrogens with zero attached hydrogens (tertiary/aromatic N) is 5. The minimum absolute atomic E-state index is 0.0528. The van der Waals surface area contributed by atoms with Gasteiger partial charge in [0.25, 0.3) is 11.8 Å². The van der Waals surface area contributed by atoms with Crippen LogP contribution in [-0.4, -0.2) is 60.1 Å². The second-order valence-corrected chi connectivity index (χ2v) is 9.02. The van der Waals surface area contributed by atoms with Crippen molar-refractivity contribution >= 4 is 29.5 Å². The summed E-state index contributed by atoms with van der Waals surface area (Å²) in [6, 6.07) is 4.74. The molecule has 3 aromatic rings. The zero-order chi connectivity index (χ0) is 27.3. The van der Waals surface area contributed by atoms with E-state index in [1.54, 1.807) is 20.8 Å². The highest BCUT2D eigenvalue weighted by Gasteiger charge is 2.32. The molecule has 0 radical (unpaired) electrons. The average Bonchev–Trinajstić information content (AvgIpc) is 3.36. The van der Waals surface area contributed by atoms with Crippen molar-refractivity contribution in [1.82, 2.24) is 19.5 Å². The molecule has 13 heteroatoms. The summed E-state index contributed by atoms with van der Waals surface area (Å²) in [6.45, 7) is 4.94. The molecule has 2 heterocycles. The topological polar surface area (TPSA) is 197 Å². The van der Waals surface area contributed by atoms with E-state index in [0.29, 0.717) is 5.56 Å². The van der Waals surface area contributed by atoms with Gasteiger partial charge in [-0.2, -0.15) is 4.98 Å². The molecule has 0 spiro atoms. The lowest BCUT2D eigenvalue weighted by atomic mass is 10.1. The predicted molar refractivity (Wildman–Crippen MR) is 131 cm³/mol. The van der Waals surface area contributed by atoms with Crippen molar-refractivity contribution < 1.29 is 29.0 Å². The Balaban J connectivity index is 1.88. The number of aromatic hydroxyl groups is 1. The molecule has 3 amide bonds. The molecule has 1 atom stereocenters. The van der Waals surface area contributed by atoms with Crippen LogP contribution in [0.25, 0.3) is 11.4 Å². The molecule has 0 aliphatic rings. The van der Waals surface area contributed by atoms with Gasteiger partial charge in [-0.3, -0.25) is 19.0 Å². The van der Waals surface area contributed by atoms with Crippen LogP contribution in [0.4, 0.5) is 10.5 Å². The number of hydrogen-bond donors (Lipinski definition) is 3. The van der Waals surface area contributed by atoms with Gasteiger partial charge < -0.3 is 21.3 Å². The zero-order valence-electron chi connectivity index (χ0n) is 20.5. The third-order valence-electron chi connectivity index (χ3n) is 4.94. The fourth-order valence-electron chi connectivity index (χ4n) is 3.16. The van der Waals surface area contributed by atoms with Crippen molar-refractivity contribution in [2.24, 2.45) is 11.5 Å². The molecule has 13 nitrogen and oxygen atoms in total. The Bertz CT molecular complexity index is 1300. The van der Waals surface area contributed by atoms with Gasteiger partial charge in [0.1, 0.15) is 17.5 Å². The standard InChI is InChI=1S/C24H27N7O6/c1-24(2,3)37-23(36)31(22(35)17(25)8-9-18(26)32)15-6-4-14(5-7-15)19-28-12-16(20(33)29-19)21(34)30-11-10-27-13-30/h4-7,10-13,17H,8-9,25H2,1-3H3,(H2,26,32)(H,28,29,33)/t17-/m0/s1. The quantitative estimate of drug-likeness (QED) is 0.420. The molecule has 0 unspecified atom stereocenters. The molecule has 0 aliphatic heterocycles. The number of nitrogens with two attached hydrogens (primary N) is 2. The van der Waals surface area contributed by atoms with Gasteiger partial charge in [0.05, 0.1) is 11.7 Å². The van der Waals surface area contributed by atoms with Crippen LogP contribution >= 0.6 is 0 Å². The summed E-state index contributed by atoms with van der Waals surface area (Å²) in [4.78, 5) is 62.1. The monoisotopic (exact) mass is 509 g/mol. The number of carbonyl (C=O) groups excluding carboxylic acids is 4. The van der Waals surface area contributed by atoms with Gasteiger partial charge in [0.15, 0.2) is 5.82 Å². The van der Waals surface area contributed by atoms with Crippen LogP contribution in [0, 0.1) is 0 Å². The summed E-state index contributed by atoms with van der Waals surface area (Å²) in [6.07, 6.45) is 4.18. The number of primary amides is 1. The predicted octanol–water partition coefficient (Wildman–Crippen LogP) is 1.60. The normalized spacial score (nSPS) is 12.0. The maximum absolute atomic E-state index is 13.0. The Morgan fingerprint density at radius 3 is 2.38 bits per heavy atom. The first-order valence-electron chi connectivity index (χ1n) is 11.2. The number of aromatic nitrogens is 4. The maximum atomic E-state index is 13.0. The smallest absolute Gasteiger partial charge is 0.421 e. The minimum Gasteiger partial charge on any atom is -0.493 e. The maximum Gasteiger partial charge on any atom is 0.421 e. The number of anilines is 1. The summed E-state index contributed by atoms with van der Waals surface area (Å²) in [5.41, 5.74) is 10.6. The Kier molecular flexibility index (Phi) is 7.98. The highest BCUT2D eigenvalue weighted by atomic mass is 16.6. The molecule has 0 bridgehead atoms. The van der Waals surface area contributed by atoms with Gasteiger partial charge in [0.2, 0.25) is 11.8 Å². The summed E-state index contributed by atoms with van der Waals surface area (Å²) < 4.78 is 6.54. The molecule has 194 valence electrons. The van der Waals surface area contributed by atoms with Gasteiger partial charge in [0, 0.05) is 30.6 Å².